The fourth-order valence-electron chi connectivity index (χ4n) is 4.56. The molecule has 0 bridgehead atoms. The van der Waals surface area contributed by atoms with Crippen molar-refractivity contribution in [3.05, 3.63) is 77.4 Å². The molecule has 0 amide bonds. The molecule has 1 saturated heterocycles. The average molecular weight is 583 g/mol. The monoisotopic (exact) mass is 582 g/mol. The molecule has 11 nitrogen and oxygen atoms in total. The summed E-state index contributed by atoms with van der Waals surface area (Å²) in [6, 6.07) is 20.4. The first-order valence-electron chi connectivity index (χ1n) is 13.3. The van der Waals surface area contributed by atoms with Crippen LogP contribution in [0.3, 0.4) is 0 Å². The second-order valence-corrected chi connectivity index (χ2v) is 9.42. The first-order valence-corrected chi connectivity index (χ1v) is 13.3. The van der Waals surface area contributed by atoms with Crippen LogP contribution in [0.4, 0.5) is 0 Å². The van der Waals surface area contributed by atoms with Crippen molar-refractivity contribution >= 4 is 11.9 Å². The van der Waals surface area contributed by atoms with E-state index in [4.69, 9.17) is 43.5 Å². The van der Waals surface area contributed by atoms with Crippen LogP contribution < -0.4 is 23.7 Å². The summed E-state index contributed by atoms with van der Waals surface area (Å²) in [5, 5.41) is 14.8. The highest BCUT2D eigenvalue weighted by Gasteiger charge is 2.22. The van der Waals surface area contributed by atoms with Gasteiger partial charge < -0.3 is 33.9 Å². The lowest BCUT2D eigenvalue weighted by Crippen LogP contribution is -2.45. The van der Waals surface area contributed by atoms with E-state index in [1.54, 1.807) is 28.4 Å². The second kappa shape index (κ2) is 16.1. The first-order chi connectivity index (χ1) is 20.3. The average Bonchev–Trinajstić information content (AvgIpc) is 3.01. The number of carboxylic acid groups (broad SMARTS) is 2. The Morgan fingerprint density at radius 1 is 0.643 bits per heavy atom. The number of ether oxygens (including phenoxy) is 5. The zero-order chi connectivity index (χ0) is 30.5. The van der Waals surface area contributed by atoms with Gasteiger partial charge >= 0.3 is 11.9 Å². The van der Waals surface area contributed by atoms with E-state index in [0.717, 1.165) is 67.6 Å². The Balaban J connectivity index is 0.000000730. The number of hydrogen-bond acceptors (Lipinski definition) is 9. The predicted octanol–water partition coefficient (Wildman–Crippen LogP) is 3.77. The summed E-state index contributed by atoms with van der Waals surface area (Å²) in [5.41, 5.74) is 3.44. The second-order valence-electron chi connectivity index (χ2n) is 9.42. The van der Waals surface area contributed by atoms with Crippen molar-refractivity contribution in [3.8, 4) is 28.7 Å². The molecule has 2 N–H and O–H groups in total. The van der Waals surface area contributed by atoms with Crippen molar-refractivity contribution < 1.29 is 43.5 Å². The van der Waals surface area contributed by atoms with Crippen LogP contribution in [0.15, 0.2) is 60.7 Å². The van der Waals surface area contributed by atoms with Gasteiger partial charge in [-0.2, -0.15) is 0 Å². The molecule has 3 aromatic carbocycles. The van der Waals surface area contributed by atoms with Gasteiger partial charge in [0.2, 0.25) is 5.75 Å². The van der Waals surface area contributed by atoms with Gasteiger partial charge in [0.25, 0.3) is 0 Å². The number of nitrogens with zero attached hydrogens (tertiary/aromatic N) is 2. The number of rotatable bonds is 11. The molecule has 0 radical (unpaired) electrons. The number of hydrogen-bond donors (Lipinski definition) is 2. The molecule has 11 heteroatoms. The maximum Gasteiger partial charge on any atom is 0.414 e. The summed E-state index contributed by atoms with van der Waals surface area (Å²) in [6.45, 7) is 6.12. The van der Waals surface area contributed by atoms with E-state index in [1.165, 1.54) is 5.56 Å². The SMILES string of the molecule is COc1ccc(CN2CCN(Cc3ccc(OC)c(OC)c3OC)CC2)cc1OCc1ccccc1.O=C(O)C(=O)O. The number of methoxy groups -OCH3 is 4. The largest absolute Gasteiger partial charge is 0.493 e. The standard InChI is InChI=1S/C29H36N2O5.C2H2O4/c1-32-25-12-10-23(18-27(25)36-21-22-8-6-5-7-9-22)19-30-14-16-31(17-15-30)20-24-11-13-26(33-2)29(35-4)28(24)34-3;3-1(4)2(5)6/h5-13,18H,14-17,19-21H2,1-4H3;(H,3,4)(H,5,6). The Morgan fingerprint density at radius 3 is 1.76 bits per heavy atom. The van der Waals surface area contributed by atoms with Crippen LogP contribution in [0, 0.1) is 0 Å². The third kappa shape index (κ3) is 9.02. The van der Waals surface area contributed by atoms with E-state index in [-0.39, 0.29) is 0 Å². The summed E-state index contributed by atoms with van der Waals surface area (Å²) in [7, 11) is 6.63. The number of carbonyl (C=O) groups is 2. The summed E-state index contributed by atoms with van der Waals surface area (Å²) in [5.74, 6) is -0.0672. The molecular formula is C31H38N2O9. The Kier molecular flexibility index (Phi) is 12.3. The number of aliphatic carboxylic acids is 2. The Hall–Kier alpha value is -4.48. The Bertz CT molecular complexity index is 1300. The minimum atomic E-state index is -1.82. The zero-order valence-electron chi connectivity index (χ0n) is 24.4. The van der Waals surface area contributed by atoms with Gasteiger partial charge in [0.05, 0.1) is 28.4 Å². The van der Waals surface area contributed by atoms with Gasteiger partial charge in [-0.25, -0.2) is 9.59 Å². The molecule has 1 aliphatic rings. The van der Waals surface area contributed by atoms with E-state index in [9.17, 15) is 0 Å². The van der Waals surface area contributed by atoms with Gasteiger partial charge in [-0.1, -0.05) is 42.5 Å². The van der Waals surface area contributed by atoms with Crippen LogP contribution in [0.1, 0.15) is 16.7 Å². The van der Waals surface area contributed by atoms with Crippen LogP contribution in [-0.2, 0) is 29.3 Å². The van der Waals surface area contributed by atoms with E-state index in [2.05, 4.69) is 40.1 Å². The molecule has 0 spiro atoms. The van der Waals surface area contributed by atoms with Gasteiger partial charge in [0, 0.05) is 44.8 Å². The molecule has 0 atom stereocenters. The highest BCUT2D eigenvalue weighted by molar-refractivity contribution is 6.27. The fourth-order valence-corrected chi connectivity index (χ4v) is 4.56. The van der Waals surface area contributed by atoms with Crippen molar-refractivity contribution in [2.24, 2.45) is 0 Å². The number of piperazine rings is 1. The van der Waals surface area contributed by atoms with E-state index < -0.39 is 11.9 Å². The van der Waals surface area contributed by atoms with Crippen molar-refractivity contribution in [1.82, 2.24) is 9.80 Å². The van der Waals surface area contributed by atoms with Crippen LogP contribution >= 0.6 is 0 Å². The normalized spacial score (nSPS) is 13.3. The van der Waals surface area contributed by atoms with Crippen LogP contribution in [0.25, 0.3) is 0 Å². The number of benzene rings is 3. The van der Waals surface area contributed by atoms with Gasteiger partial charge in [-0.15, -0.1) is 0 Å². The van der Waals surface area contributed by atoms with Gasteiger partial charge in [-0.3, -0.25) is 9.80 Å². The van der Waals surface area contributed by atoms with E-state index in [0.29, 0.717) is 18.1 Å². The van der Waals surface area contributed by atoms with Crippen LogP contribution in [0.2, 0.25) is 0 Å². The maximum absolute atomic E-state index is 9.10. The van der Waals surface area contributed by atoms with Crippen molar-refractivity contribution in [1.29, 1.82) is 0 Å². The van der Waals surface area contributed by atoms with Crippen molar-refractivity contribution in [2.45, 2.75) is 19.7 Å². The number of carboxylic acids is 2. The molecule has 0 aromatic heterocycles. The third-order valence-electron chi connectivity index (χ3n) is 6.70. The molecule has 1 fully saturated rings. The lowest BCUT2D eigenvalue weighted by molar-refractivity contribution is -0.159. The zero-order valence-corrected chi connectivity index (χ0v) is 24.4. The molecule has 0 saturated carbocycles. The molecule has 42 heavy (non-hydrogen) atoms. The minimum Gasteiger partial charge on any atom is -0.493 e. The highest BCUT2D eigenvalue weighted by Crippen LogP contribution is 2.40. The van der Waals surface area contributed by atoms with E-state index in [1.807, 2.05) is 30.3 Å². The predicted molar refractivity (Wildman–Crippen MR) is 156 cm³/mol. The Labute approximate surface area is 245 Å². The molecule has 226 valence electrons. The molecule has 1 aliphatic heterocycles. The fraction of sp³-hybridized carbons (Fsp3) is 0.355. The first kappa shape index (κ1) is 32.0. The molecule has 0 aliphatic carbocycles. The maximum atomic E-state index is 9.10. The smallest absolute Gasteiger partial charge is 0.414 e. The topological polar surface area (TPSA) is 127 Å². The summed E-state index contributed by atoms with van der Waals surface area (Å²) < 4.78 is 28.3. The lowest BCUT2D eigenvalue weighted by Gasteiger charge is -2.35. The van der Waals surface area contributed by atoms with Gasteiger partial charge in [-0.05, 0) is 29.3 Å². The quantitative estimate of drug-likeness (QED) is 0.321. The summed E-state index contributed by atoms with van der Waals surface area (Å²) in [6.07, 6.45) is 0. The van der Waals surface area contributed by atoms with Crippen LogP contribution in [0.5, 0.6) is 28.7 Å². The molecule has 3 aromatic rings. The molecule has 0 unspecified atom stereocenters. The van der Waals surface area contributed by atoms with Gasteiger partial charge in [0.1, 0.15) is 6.61 Å². The summed E-state index contributed by atoms with van der Waals surface area (Å²) >= 11 is 0. The Morgan fingerprint density at radius 2 is 1.21 bits per heavy atom. The minimum absolute atomic E-state index is 0.513. The molecule has 4 rings (SSSR count). The lowest BCUT2D eigenvalue weighted by atomic mass is 10.1. The summed E-state index contributed by atoms with van der Waals surface area (Å²) in [4.78, 5) is 23.1. The van der Waals surface area contributed by atoms with Crippen LogP contribution in [-0.4, -0.2) is 86.6 Å². The van der Waals surface area contributed by atoms with Crippen molar-refractivity contribution in [3.63, 3.8) is 0 Å². The van der Waals surface area contributed by atoms with Crippen molar-refractivity contribution in [2.75, 3.05) is 54.6 Å². The molecular weight excluding hydrogens is 544 g/mol. The highest BCUT2D eigenvalue weighted by atomic mass is 16.5. The van der Waals surface area contributed by atoms with E-state index >= 15 is 0 Å². The molecule has 1 heterocycles. The van der Waals surface area contributed by atoms with Gasteiger partial charge in [0.15, 0.2) is 23.0 Å². The third-order valence-corrected chi connectivity index (χ3v) is 6.70.